The lowest BCUT2D eigenvalue weighted by atomic mass is 10.1. The molecule has 1 saturated heterocycles. The molecular formula is C16H23N3O2S. The molecule has 0 bridgehead atoms. The minimum atomic E-state index is 0.407. The molecule has 2 aromatic heterocycles. The molecule has 3 heterocycles. The number of rotatable bonds is 6. The molecule has 0 spiro atoms. The van der Waals surface area contributed by atoms with E-state index in [0.29, 0.717) is 6.04 Å². The minimum Gasteiger partial charge on any atom is -0.445 e. The van der Waals surface area contributed by atoms with Crippen LogP contribution in [0.25, 0.3) is 0 Å². The van der Waals surface area contributed by atoms with E-state index in [1.165, 1.54) is 4.88 Å². The first-order valence-electron chi connectivity index (χ1n) is 7.67. The molecule has 120 valence electrons. The fourth-order valence-electron chi connectivity index (χ4n) is 2.82. The first-order chi connectivity index (χ1) is 10.7. The van der Waals surface area contributed by atoms with E-state index < -0.39 is 0 Å². The van der Waals surface area contributed by atoms with Crippen molar-refractivity contribution in [3.05, 3.63) is 40.2 Å². The van der Waals surface area contributed by atoms with Gasteiger partial charge in [0.15, 0.2) is 0 Å². The highest BCUT2D eigenvalue weighted by Crippen LogP contribution is 2.27. The standard InChI is InChI=1S/C16H23N3O2S/c1-13-10-17-16(21-13)12-18(2)11-14(15-4-3-9-22-15)19-5-7-20-8-6-19/h3-4,9-10,14H,5-8,11-12H2,1-2H3. The third-order valence-corrected chi connectivity index (χ3v) is 4.89. The lowest BCUT2D eigenvalue weighted by Crippen LogP contribution is -2.42. The van der Waals surface area contributed by atoms with Crippen LogP contribution < -0.4 is 0 Å². The number of oxazole rings is 1. The fraction of sp³-hybridized carbons (Fsp3) is 0.562. The summed E-state index contributed by atoms with van der Waals surface area (Å²) in [6.45, 7) is 7.26. The molecule has 0 radical (unpaired) electrons. The van der Waals surface area contributed by atoms with Crippen LogP contribution >= 0.6 is 11.3 Å². The summed E-state index contributed by atoms with van der Waals surface area (Å²) in [7, 11) is 2.13. The summed E-state index contributed by atoms with van der Waals surface area (Å²) < 4.78 is 11.1. The highest BCUT2D eigenvalue weighted by Gasteiger charge is 2.25. The van der Waals surface area contributed by atoms with Gasteiger partial charge in [-0.15, -0.1) is 11.3 Å². The van der Waals surface area contributed by atoms with Crippen LogP contribution in [0.4, 0.5) is 0 Å². The second-order valence-electron chi connectivity index (χ2n) is 5.74. The number of morpholine rings is 1. The van der Waals surface area contributed by atoms with Crippen molar-refractivity contribution >= 4 is 11.3 Å². The van der Waals surface area contributed by atoms with Gasteiger partial charge >= 0.3 is 0 Å². The van der Waals surface area contributed by atoms with Crippen LogP contribution in [0.3, 0.4) is 0 Å². The quantitative estimate of drug-likeness (QED) is 0.818. The maximum Gasteiger partial charge on any atom is 0.208 e. The van der Waals surface area contributed by atoms with Crippen molar-refractivity contribution in [3.63, 3.8) is 0 Å². The fourth-order valence-corrected chi connectivity index (χ4v) is 3.67. The second kappa shape index (κ2) is 7.37. The number of ether oxygens (including phenoxy) is 1. The average Bonchev–Trinajstić information content (AvgIpc) is 3.18. The van der Waals surface area contributed by atoms with E-state index in [4.69, 9.17) is 9.15 Å². The average molecular weight is 321 g/mol. The van der Waals surface area contributed by atoms with Gasteiger partial charge in [0.25, 0.3) is 0 Å². The molecule has 5 nitrogen and oxygen atoms in total. The van der Waals surface area contributed by atoms with E-state index in [1.54, 1.807) is 6.20 Å². The van der Waals surface area contributed by atoms with Crippen LogP contribution in [0.2, 0.25) is 0 Å². The Bertz CT molecular complexity index is 564. The van der Waals surface area contributed by atoms with Crippen molar-refractivity contribution in [2.75, 3.05) is 39.9 Å². The molecule has 6 heteroatoms. The van der Waals surface area contributed by atoms with Gasteiger partial charge in [-0.1, -0.05) is 6.07 Å². The van der Waals surface area contributed by atoms with Crippen molar-refractivity contribution in [3.8, 4) is 0 Å². The van der Waals surface area contributed by atoms with Gasteiger partial charge in [-0.05, 0) is 25.4 Å². The molecule has 1 unspecified atom stereocenters. The Morgan fingerprint density at radius 2 is 2.23 bits per heavy atom. The third kappa shape index (κ3) is 3.95. The number of nitrogens with zero attached hydrogens (tertiary/aromatic N) is 3. The number of hydrogen-bond acceptors (Lipinski definition) is 6. The normalized spacial score (nSPS) is 18.0. The Balaban J connectivity index is 1.66. The van der Waals surface area contributed by atoms with Gasteiger partial charge in [-0.2, -0.15) is 0 Å². The van der Waals surface area contributed by atoms with Crippen molar-refractivity contribution in [1.82, 2.24) is 14.8 Å². The topological polar surface area (TPSA) is 41.7 Å². The summed E-state index contributed by atoms with van der Waals surface area (Å²) >= 11 is 1.83. The molecular weight excluding hydrogens is 298 g/mol. The van der Waals surface area contributed by atoms with Crippen molar-refractivity contribution < 1.29 is 9.15 Å². The van der Waals surface area contributed by atoms with Gasteiger partial charge < -0.3 is 9.15 Å². The summed E-state index contributed by atoms with van der Waals surface area (Å²) in [5, 5.41) is 2.15. The Labute approximate surface area is 135 Å². The zero-order chi connectivity index (χ0) is 15.4. The lowest BCUT2D eigenvalue weighted by Gasteiger charge is -2.36. The Morgan fingerprint density at radius 3 is 2.86 bits per heavy atom. The highest BCUT2D eigenvalue weighted by atomic mass is 32.1. The SMILES string of the molecule is Cc1cnc(CN(C)CC(c2cccs2)N2CCOCC2)o1. The van der Waals surface area contributed by atoms with Gasteiger partial charge in [0.1, 0.15) is 5.76 Å². The van der Waals surface area contributed by atoms with E-state index in [2.05, 4.69) is 39.3 Å². The highest BCUT2D eigenvalue weighted by molar-refractivity contribution is 7.10. The van der Waals surface area contributed by atoms with Crippen LogP contribution in [0.1, 0.15) is 22.6 Å². The number of thiophene rings is 1. The summed E-state index contributed by atoms with van der Waals surface area (Å²) in [5.74, 6) is 1.65. The number of likely N-dealkylation sites (N-methyl/N-ethyl adjacent to an activating group) is 1. The molecule has 1 aliphatic heterocycles. The maximum absolute atomic E-state index is 5.59. The monoisotopic (exact) mass is 321 g/mol. The van der Waals surface area contributed by atoms with E-state index in [0.717, 1.165) is 51.0 Å². The Kier molecular flexibility index (Phi) is 5.25. The van der Waals surface area contributed by atoms with E-state index in [-0.39, 0.29) is 0 Å². The van der Waals surface area contributed by atoms with Crippen LogP contribution in [-0.2, 0) is 11.3 Å². The molecule has 22 heavy (non-hydrogen) atoms. The lowest BCUT2D eigenvalue weighted by molar-refractivity contribution is 0.00917. The number of aromatic nitrogens is 1. The zero-order valence-corrected chi connectivity index (χ0v) is 14.0. The van der Waals surface area contributed by atoms with Crippen molar-refractivity contribution in [1.29, 1.82) is 0 Å². The van der Waals surface area contributed by atoms with Gasteiger partial charge in [-0.25, -0.2) is 4.98 Å². The van der Waals surface area contributed by atoms with Gasteiger partial charge in [-0.3, -0.25) is 9.80 Å². The molecule has 1 atom stereocenters. The second-order valence-corrected chi connectivity index (χ2v) is 6.72. The molecule has 0 N–H and O–H groups in total. The predicted molar refractivity (Wildman–Crippen MR) is 87.0 cm³/mol. The van der Waals surface area contributed by atoms with Crippen LogP contribution in [-0.4, -0.2) is 54.7 Å². The van der Waals surface area contributed by atoms with Crippen molar-refractivity contribution in [2.24, 2.45) is 0 Å². The summed E-state index contributed by atoms with van der Waals surface area (Å²) in [6, 6.07) is 4.77. The van der Waals surface area contributed by atoms with E-state index in [1.807, 2.05) is 18.3 Å². The third-order valence-electron chi connectivity index (χ3n) is 3.92. The minimum absolute atomic E-state index is 0.407. The summed E-state index contributed by atoms with van der Waals surface area (Å²) in [4.78, 5) is 10.5. The van der Waals surface area contributed by atoms with Crippen LogP contribution in [0.5, 0.6) is 0 Å². The summed E-state index contributed by atoms with van der Waals surface area (Å²) in [5.41, 5.74) is 0. The largest absolute Gasteiger partial charge is 0.445 e. The van der Waals surface area contributed by atoms with Crippen LogP contribution in [0, 0.1) is 6.92 Å². The molecule has 0 aromatic carbocycles. The molecule has 2 aromatic rings. The van der Waals surface area contributed by atoms with Crippen molar-refractivity contribution in [2.45, 2.75) is 19.5 Å². The molecule has 3 rings (SSSR count). The first kappa shape index (κ1) is 15.7. The van der Waals surface area contributed by atoms with Gasteiger partial charge in [0.05, 0.1) is 32.0 Å². The Hall–Kier alpha value is -1.21. The molecule has 0 amide bonds. The zero-order valence-electron chi connectivity index (χ0n) is 13.2. The first-order valence-corrected chi connectivity index (χ1v) is 8.55. The number of hydrogen-bond donors (Lipinski definition) is 0. The maximum atomic E-state index is 5.59. The van der Waals surface area contributed by atoms with Crippen LogP contribution in [0.15, 0.2) is 28.1 Å². The number of aryl methyl sites for hydroxylation is 1. The Morgan fingerprint density at radius 1 is 1.41 bits per heavy atom. The van der Waals surface area contributed by atoms with Gasteiger partial charge in [0, 0.05) is 24.5 Å². The molecule has 0 saturated carbocycles. The molecule has 0 aliphatic carbocycles. The van der Waals surface area contributed by atoms with E-state index in [9.17, 15) is 0 Å². The molecule has 1 fully saturated rings. The summed E-state index contributed by atoms with van der Waals surface area (Å²) in [6.07, 6.45) is 1.78. The van der Waals surface area contributed by atoms with E-state index >= 15 is 0 Å². The molecule has 1 aliphatic rings. The smallest absolute Gasteiger partial charge is 0.208 e. The predicted octanol–water partition coefficient (Wildman–Crippen LogP) is 2.55. The van der Waals surface area contributed by atoms with Gasteiger partial charge in [0.2, 0.25) is 5.89 Å².